The van der Waals surface area contributed by atoms with Gasteiger partial charge in [0.15, 0.2) is 0 Å². The molecule has 2 rings (SSSR count). The van der Waals surface area contributed by atoms with Gasteiger partial charge in [-0.15, -0.1) is 0 Å². The van der Waals surface area contributed by atoms with E-state index in [-0.39, 0.29) is 24.4 Å². The number of carbonyl (C=O) groups is 2. The van der Waals surface area contributed by atoms with Gasteiger partial charge in [0.05, 0.1) is 19.1 Å². The number of phenolic OH excluding ortho intramolecular Hbond substituents is 1. The average molecular weight is 320 g/mol. The van der Waals surface area contributed by atoms with Crippen LogP contribution in [0.4, 0.5) is 0 Å². The first-order valence-corrected chi connectivity index (χ1v) is 6.95. The number of nitrogens with two attached hydrogens (primary N) is 1. The van der Waals surface area contributed by atoms with Gasteiger partial charge in [0.1, 0.15) is 11.4 Å². The van der Waals surface area contributed by atoms with Crippen molar-refractivity contribution in [3.63, 3.8) is 0 Å². The number of H-pyrrole nitrogens is 1. The van der Waals surface area contributed by atoms with Crippen LogP contribution in [-0.2, 0) is 11.2 Å². The molecule has 1 aromatic carbocycles. The molecular formula is C15H18N3O5. The zero-order valence-electron chi connectivity index (χ0n) is 12.2. The molecular weight excluding hydrogens is 302 g/mol. The molecule has 0 aliphatic carbocycles. The van der Waals surface area contributed by atoms with Gasteiger partial charge in [-0.3, -0.25) is 9.59 Å². The molecule has 1 aromatic heterocycles. The van der Waals surface area contributed by atoms with Crippen LogP contribution >= 0.6 is 0 Å². The lowest BCUT2D eigenvalue weighted by Gasteiger charge is -2.09. The highest BCUT2D eigenvalue weighted by molar-refractivity contribution is 6.01. The standard InChI is InChI=1S/C15H18N3O5/c16-15(23)14-10(2-4-13(22)17-6-9(21)7-19)11-5-8(20)1-3-12(11)18-14/h1,3-5,9,18-21H,2,6-7H2,(H2,16,23)(H,17,22)/t9-/m0/s1. The number of fused-ring (bicyclic) bond motifs is 1. The van der Waals surface area contributed by atoms with Crippen molar-refractivity contribution in [2.75, 3.05) is 13.2 Å². The Bertz CT molecular complexity index is 725. The highest BCUT2D eigenvalue weighted by Gasteiger charge is 2.17. The van der Waals surface area contributed by atoms with Crippen molar-refractivity contribution in [1.29, 1.82) is 0 Å². The number of benzene rings is 1. The van der Waals surface area contributed by atoms with Crippen molar-refractivity contribution >= 4 is 22.7 Å². The van der Waals surface area contributed by atoms with E-state index in [0.717, 1.165) is 0 Å². The number of amides is 2. The Hall–Kier alpha value is -2.58. The second kappa shape index (κ2) is 7.12. The SMILES string of the molecule is NC(=O)c1[nH]c2ccc(O)cc2c1C[CH]C(=O)NC[C@H](O)CO. The molecule has 7 N–H and O–H groups in total. The van der Waals surface area contributed by atoms with Crippen molar-refractivity contribution in [3.05, 3.63) is 35.9 Å². The minimum Gasteiger partial charge on any atom is -0.508 e. The number of hydrogen-bond acceptors (Lipinski definition) is 5. The normalized spacial score (nSPS) is 12.3. The van der Waals surface area contributed by atoms with Crippen molar-refractivity contribution in [2.45, 2.75) is 12.5 Å². The van der Waals surface area contributed by atoms with Crippen LogP contribution in [0.25, 0.3) is 10.9 Å². The highest BCUT2D eigenvalue weighted by Crippen LogP contribution is 2.27. The van der Waals surface area contributed by atoms with Crippen LogP contribution in [0.2, 0.25) is 0 Å². The number of primary amides is 1. The summed E-state index contributed by atoms with van der Waals surface area (Å²) in [6.07, 6.45) is 0.380. The Labute approximate surface area is 131 Å². The number of rotatable bonds is 7. The number of aromatic nitrogens is 1. The molecule has 1 atom stereocenters. The Morgan fingerprint density at radius 1 is 1.39 bits per heavy atom. The third-order valence-electron chi connectivity index (χ3n) is 3.35. The first kappa shape index (κ1) is 16.8. The minimum atomic E-state index is -1.03. The predicted molar refractivity (Wildman–Crippen MR) is 82.6 cm³/mol. The van der Waals surface area contributed by atoms with E-state index in [2.05, 4.69) is 10.3 Å². The first-order chi connectivity index (χ1) is 10.9. The summed E-state index contributed by atoms with van der Waals surface area (Å²) in [5.74, 6) is -1.09. The second-order valence-corrected chi connectivity index (χ2v) is 5.06. The molecule has 2 aromatic rings. The highest BCUT2D eigenvalue weighted by atomic mass is 16.3. The van der Waals surface area contributed by atoms with Crippen molar-refractivity contribution < 1.29 is 24.9 Å². The van der Waals surface area contributed by atoms with Gasteiger partial charge in [0, 0.05) is 17.4 Å². The molecule has 0 aliphatic rings. The number of nitrogens with one attached hydrogen (secondary N) is 2. The summed E-state index contributed by atoms with van der Waals surface area (Å²) in [6.45, 7) is -0.531. The Balaban J connectivity index is 2.15. The lowest BCUT2D eigenvalue weighted by Crippen LogP contribution is -2.34. The van der Waals surface area contributed by atoms with E-state index < -0.39 is 24.5 Å². The molecule has 1 radical (unpaired) electrons. The molecule has 8 heteroatoms. The summed E-state index contributed by atoms with van der Waals surface area (Å²) in [6, 6.07) is 4.56. The summed E-state index contributed by atoms with van der Waals surface area (Å²) >= 11 is 0. The number of carbonyl (C=O) groups excluding carboxylic acids is 2. The zero-order chi connectivity index (χ0) is 17.0. The lowest BCUT2D eigenvalue weighted by molar-refractivity contribution is -0.118. The maximum absolute atomic E-state index is 11.7. The van der Waals surface area contributed by atoms with E-state index in [1.54, 1.807) is 6.07 Å². The molecule has 23 heavy (non-hydrogen) atoms. The molecule has 0 spiro atoms. The van der Waals surface area contributed by atoms with Crippen LogP contribution in [0.5, 0.6) is 5.75 Å². The Morgan fingerprint density at radius 3 is 2.78 bits per heavy atom. The first-order valence-electron chi connectivity index (χ1n) is 6.95. The maximum atomic E-state index is 11.7. The van der Waals surface area contributed by atoms with Gasteiger partial charge in [-0.2, -0.15) is 0 Å². The molecule has 0 saturated heterocycles. The average Bonchev–Trinajstić information content (AvgIpc) is 2.88. The summed E-state index contributed by atoms with van der Waals surface area (Å²) in [4.78, 5) is 26.1. The summed E-state index contributed by atoms with van der Waals surface area (Å²) < 4.78 is 0. The van der Waals surface area contributed by atoms with Gasteiger partial charge in [-0.1, -0.05) is 0 Å². The monoisotopic (exact) mass is 320 g/mol. The predicted octanol–water partition coefficient (Wildman–Crippen LogP) is -0.811. The van der Waals surface area contributed by atoms with Crippen LogP contribution in [-0.4, -0.2) is 51.4 Å². The fourth-order valence-electron chi connectivity index (χ4n) is 2.21. The largest absolute Gasteiger partial charge is 0.508 e. The van der Waals surface area contributed by atoms with E-state index in [4.69, 9.17) is 10.8 Å². The molecule has 0 saturated carbocycles. The molecule has 0 aliphatic heterocycles. The third-order valence-corrected chi connectivity index (χ3v) is 3.35. The van der Waals surface area contributed by atoms with E-state index in [9.17, 15) is 19.8 Å². The summed E-state index contributed by atoms with van der Waals surface area (Å²) in [5.41, 5.74) is 6.63. The van der Waals surface area contributed by atoms with E-state index in [1.807, 2.05) is 0 Å². The molecule has 0 unspecified atom stereocenters. The number of aromatic amines is 1. The van der Waals surface area contributed by atoms with Gasteiger partial charge < -0.3 is 31.4 Å². The van der Waals surface area contributed by atoms with Gasteiger partial charge in [-0.05, 0) is 30.2 Å². The lowest BCUT2D eigenvalue weighted by atomic mass is 10.0. The number of phenols is 1. The maximum Gasteiger partial charge on any atom is 0.265 e. The number of hydrogen-bond donors (Lipinski definition) is 6. The van der Waals surface area contributed by atoms with Gasteiger partial charge in [-0.25, -0.2) is 0 Å². The number of aliphatic hydroxyl groups excluding tert-OH is 2. The molecule has 8 nitrogen and oxygen atoms in total. The summed E-state index contributed by atoms with van der Waals surface area (Å²) in [5, 5.41) is 30.5. The second-order valence-electron chi connectivity index (χ2n) is 5.06. The fraction of sp³-hybridized carbons (Fsp3) is 0.267. The zero-order valence-corrected chi connectivity index (χ0v) is 12.2. The van der Waals surface area contributed by atoms with Gasteiger partial charge in [0.25, 0.3) is 5.91 Å². The third kappa shape index (κ3) is 3.99. The van der Waals surface area contributed by atoms with Crippen LogP contribution in [0, 0.1) is 6.42 Å². The molecule has 2 amide bonds. The fourth-order valence-corrected chi connectivity index (χ4v) is 2.21. The van der Waals surface area contributed by atoms with Crippen molar-refractivity contribution in [1.82, 2.24) is 10.3 Å². The molecule has 123 valence electrons. The molecule has 1 heterocycles. The van der Waals surface area contributed by atoms with Crippen molar-refractivity contribution in [3.8, 4) is 5.75 Å². The smallest absolute Gasteiger partial charge is 0.265 e. The molecule has 0 fully saturated rings. The Morgan fingerprint density at radius 2 is 2.13 bits per heavy atom. The van der Waals surface area contributed by atoms with E-state index >= 15 is 0 Å². The van der Waals surface area contributed by atoms with Crippen LogP contribution in [0.1, 0.15) is 16.1 Å². The van der Waals surface area contributed by atoms with Crippen LogP contribution in [0.15, 0.2) is 18.2 Å². The Kier molecular flexibility index (Phi) is 5.20. The van der Waals surface area contributed by atoms with E-state index in [0.29, 0.717) is 16.5 Å². The van der Waals surface area contributed by atoms with E-state index in [1.165, 1.54) is 18.6 Å². The molecule has 0 bridgehead atoms. The van der Waals surface area contributed by atoms with Gasteiger partial charge in [0.2, 0.25) is 5.91 Å². The van der Waals surface area contributed by atoms with Crippen molar-refractivity contribution in [2.24, 2.45) is 5.73 Å². The van der Waals surface area contributed by atoms with Crippen LogP contribution < -0.4 is 11.1 Å². The van der Waals surface area contributed by atoms with Crippen LogP contribution in [0.3, 0.4) is 0 Å². The quantitative estimate of drug-likeness (QED) is 0.394. The number of aromatic hydroxyl groups is 1. The topological polar surface area (TPSA) is 149 Å². The van der Waals surface area contributed by atoms with Gasteiger partial charge >= 0.3 is 0 Å². The minimum absolute atomic E-state index is 0.0318. The summed E-state index contributed by atoms with van der Waals surface area (Å²) in [7, 11) is 0. The number of aliphatic hydroxyl groups is 2.